The lowest BCUT2D eigenvalue weighted by Gasteiger charge is -2.33. The lowest BCUT2D eigenvalue weighted by molar-refractivity contribution is -0.160. The summed E-state index contributed by atoms with van der Waals surface area (Å²) in [6.07, 6.45) is 0.840. The normalized spacial score (nSPS) is 14.5. The molecule has 4 nitrogen and oxygen atoms in total. The SMILES string of the molecule is C=C(Nc1ccc(OC(C)(F)F)c(C(C)(F)F)c1)N(CCC(c1ccccc1)c1ccccc1)CCN1CCCCC1. The average Bonchev–Trinajstić information content (AvgIpc) is 2.96. The number of rotatable bonds is 14. The molecule has 0 unspecified atom stereocenters. The van der Waals surface area contributed by atoms with Gasteiger partial charge in [-0.05, 0) is 61.7 Å². The standard InChI is InChI=1S/C34H41F4N3O/c1-26(39-29-17-18-32(42-34(3,37)38)31(25-29)33(2,35)36)41(24-23-40-20-11-6-12-21-40)22-19-30(27-13-7-4-8-14-27)28-15-9-5-10-16-28/h4-5,7-10,13-18,25,30,39H,1,6,11-12,19-24H2,2-3H3. The Morgan fingerprint density at radius 1 is 0.881 bits per heavy atom. The summed E-state index contributed by atoms with van der Waals surface area (Å²) in [7, 11) is 0. The maximum atomic E-state index is 14.4. The summed E-state index contributed by atoms with van der Waals surface area (Å²) < 4.78 is 60.4. The lowest BCUT2D eigenvalue weighted by Crippen LogP contribution is -2.39. The highest BCUT2D eigenvalue weighted by molar-refractivity contribution is 5.55. The van der Waals surface area contributed by atoms with E-state index in [-0.39, 0.29) is 5.92 Å². The first-order valence-electron chi connectivity index (χ1n) is 14.6. The zero-order chi connectivity index (χ0) is 30.2. The predicted molar refractivity (Wildman–Crippen MR) is 161 cm³/mol. The average molecular weight is 584 g/mol. The van der Waals surface area contributed by atoms with Gasteiger partial charge in [0, 0.05) is 45.1 Å². The van der Waals surface area contributed by atoms with Gasteiger partial charge in [0.05, 0.1) is 11.4 Å². The Hall–Kier alpha value is -3.52. The second-order valence-electron chi connectivity index (χ2n) is 11.1. The van der Waals surface area contributed by atoms with Gasteiger partial charge in [-0.3, -0.25) is 0 Å². The number of piperidine rings is 1. The molecular formula is C34H41F4N3O. The topological polar surface area (TPSA) is 27.7 Å². The van der Waals surface area contributed by atoms with Crippen LogP contribution in [0, 0.1) is 0 Å². The predicted octanol–water partition coefficient (Wildman–Crippen LogP) is 8.68. The molecule has 1 aliphatic heterocycles. The number of nitrogens with zero attached hydrogens (tertiary/aromatic N) is 2. The lowest BCUT2D eigenvalue weighted by atomic mass is 9.88. The van der Waals surface area contributed by atoms with Crippen LogP contribution in [0.3, 0.4) is 0 Å². The summed E-state index contributed by atoms with van der Waals surface area (Å²) in [5, 5.41) is 3.17. The van der Waals surface area contributed by atoms with Crippen LogP contribution >= 0.6 is 0 Å². The quantitative estimate of drug-likeness (QED) is 0.192. The molecule has 1 saturated heterocycles. The Balaban J connectivity index is 1.55. The van der Waals surface area contributed by atoms with E-state index in [1.54, 1.807) is 0 Å². The Bertz CT molecular complexity index is 1230. The van der Waals surface area contributed by atoms with Gasteiger partial charge < -0.3 is 19.9 Å². The summed E-state index contributed by atoms with van der Waals surface area (Å²) in [4.78, 5) is 4.60. The number of hydrogen-bond donors (Lipinski definition) is 1. The molecule has 1 aliphatic rings. The number of anilines is 1. The minimum atomic E-state index is -3.59. The molecule has 0 saturated carbocycles. The van der Waals surface area contributed by atoms with E-state index >= 15 is 0 Å². The van der Waals surface area contributed by atoms with Gasteiger partial charge in [-0.15, -0.1) is 0 Å². The minimum absolute atomic E-state index is 0.162. The summed E-state index contributed by atoms with van der Waals surface area (Å²) >= 11 is 0. The highest BCUT2D eigenvalue weighted by atomic mass is 19.3. The van der Waals surface area contributed by atoms with Gasteiger partial charge in [0.1, 0.15) is 5.75 Å². The van der Waals surface area contributed by atoms with E-state index in [1.807, 2.05) is 36.4 Å². The van der Waals surface area contributed by atoms with E-state index in [0.29, 0.717) is 38.4 Å². The van der Waals surface area contributed by atoms with Crippen LogP contribution in [0.15, 0.2) is 91.3 Å². The highest BCUT2D eigenvalue weighted by Gasteiger charge is 2.33. The van der Waals surface area contributed by atoms with Crippen molar-refractivity contribution in [2.24, 2.45) is 0 Å². The van der Waals surface area contributed by atoms with Gasteiger partial charge in [-0.2, -0.15) is 8.78 Å². The minimum Gasteiger partial charge on any atom is -0.432 e. The summed E-state index contributed by atoms with van der Waals surface area (Å²) in [6, 6.07) is 24.5. The van der Waals surface area contributed by atoms with Crippen molar-refractivity contribution in [3.05, 3.63) is 108 Å². The van der Waals surface area contributed by atoms with Crippen LogP contribution in [0.5, 0.6) is 5.75 Å². The number of halogens is 4. The third-order valence-corrected chi connectivity index (χ3v) is 7.64. The molecule has 0 radical (unpaired) electrons. The van der Waals surface area contributed by atoms with E-state index in [2.05, 4.69) is 50.7 Å². The molecule has 1 heterocycles. The fourth-order valence-corrected chi connectivity index (χ4v) is 5.49. The Labute approximate surface area is 247 Å². The van der Waals surface area contributed by atoms with Crippen molar-refractivity contribution < 1.29 is 22.3 Å². The van der Waals surface area contributed by atoms with Crippen molar-refractivity contribution in [1.82, 2.24) is 9.80 Å². The number of ether oxygens (including phenoxy) is 1. The first-order valence-corrected chi connectivity index (χ1v) is 14.6. The molecule has 0 spiro atoms. The molecule has 3 aromatic rings. The Kier molecular flexibility index (Phi) is 10.5. The van der Waals surface area contributed by atoms with Crippen LogP contribution in [0.25, 0.3) is 0 Å². The number of hydrogen-bond acceptors (Lipinski definition) is 4. The smallest absolute Gasteiger partial charge is 0.394 e. The Morgan fingerprint density at radius 3 is 2.02 bits per heavy atom. The zero-order valence-electron chi connectivity index (χ0n) is 24.5. The maximum Gasteiger partial charge on any atom is 0.394 e. The van der Waals surface area contributed by atoms with Gasteiger partial charge in [0.25, 0.3) is 5.92 Å². The molecule has 0 aliphatic carbocycles. The fourth-order valence-electron chi connectivity index (χ4n) is 5.49. The number of likely N-dealkylation sites (tertiary alicyclic amines) is 1. The third-order valence-electron chi connectivity index (χ3n) is 7.64. The number of benzene rings is 3. The number of nitrogens with one attached hydrogen (secondary N) is 1. The van der Waals surface area contributed by atoms with Crippen LogP contribution in [0.2, 0.25) is 0 Å². The van der Waals surface area contributed by atoms with Gasteiger partial charge in [-0.1, -0.05) is 73.7 Å². The van der Waals surface area contributed by atoms with Crippen LogP contribution in [-0.4, -0.2) is 48.6 Å². The van der Waals surface area contributed by atoms with E-state index in [4.69, 9.17) is 0 Å². The second kappa shape index (κ2) is 14.1. The van der Waals surface area contributed by atoms with E-state index in [9.17, 15) is 17.6 Å². The molecule has 0 atom stereocenters. The molecular weight excluding hydrogens is 542 g/mol. The van der Waals surface area contributed by atoms with Gasteiger partial charge in [-0.25, -0.2) is 8.78 Å². The largest absolute Gasteiger partial charge is 0.432 e. The Morgan fingerprint density at radius 2 is 1.48 bits per heavy atom. The van der Waals surface area contributed by atoms with Crippen molar-refractivity contribution in [2.75, 3.05) is 38.0 Å². The van der Waals surface area contributed by atoms with E-state index in [1.165, 1.54) is 36.5 Å². The molecule has 0 aromatic heterocycles. The molecule has 42 heavy (non-hydrogen) atoms. The highest BCUT2D eigenvalue weighted by Crippen LogP contribution is 2.38. The van der Waals surface area contributed by atoms with Crippen LogP contribution in [-0.2, 0) is 5.92 Å². The van der Waals surface area contributed by atoms with Gasteiger partial charge in [0.2, 0.25) is 0 Å². The fraction of sp³-hybridized carbons (Fsp3) is 0.412. The van der Waals surface area contributed by atoms with Crippen molar-refractivity contribution >= 4 is 5.69 Å². The molecule has 1 fully saturated rings. The zero-order valence-corrected chi connectivity index (χ0v) is 24.5. The number of alkyl halides is 4. The first-order chi connectivity index (χ1) is 20.0. The molecule has 8 heteroatoms. The summed E-state index contributed by atoms with van der Waals surface area (Å²) in [6.45, 7) is 9.82. The third kappa shape index (κ3) is 9.24. The molecule has 3 aromatic carbocycles. The van der Waals surface area contributed by atoms with Gasteiger partial charge >= 0.3 is 6.11 Å². The first kappa shape index (κ1) is 31.4. The molecule has 226 valence electrons. The second-order valence-corrected chi connectivity index (χ2v) is 11.1. The molecule has 4 rings (SSSR count). The molecule has 0 bridgehead atoms. The van der Waals surface area contributed by atoms with Crippen molar-refractivity contribution in [3.63, 3.8) is 0 Å². The van der Waals surface area contributed by atoms with Crippen molar-refractivity contribution in [1.29, 1.82) is 0 Å². The van der Waals surface area contributed by atoms with Crippen LogP contribution in [0.1, 0.15) is 62.1 Å². The van der Waals surface area contributed by atoms with Crippen molar-refractivity contribution in [2.45, 2.75) is 57.5 Å². The monoisotopic (exact) mass is 583 g/mol. The van der Waals surface area contributed by atoms with Crippen LogP contribution < -0.4 is 10.1 Å². The molecule has 0 amide bonds. The van der Waals surface area contributed by atoms with Crippen LogP contribution in [0.4, 0.5) is 23.2 Å². The molecule has 1 N–H and O–H groups in total. The van der Waals surface area contributed by atoms with Crippen molar-refractivity contribution in [3.8, 4) is 5.75 Å². The maximum absolute atomic E-state index is 14.4. The van der Waals surface area contributed by atoms with E-state index < -0.39 is 23.3 Å². The summed E-state index contributed by atoms with van der Waals surface area (Å²) in [5.41, 5.74) is 2.15. The van der Waals surface area contributed by atoms with E-state index in [0.717, 1.165) is 38.2 Å². The summed E-state index contributed by atoms with van der Waals surface area (Å²) in [5.74, 6) is -3.21. The van der Waals surface area contributed by atoms with Gasteiger partial charge in [0.15, 0.2) is 0 Å².